The molecule has 0 bridgehead atoms. The van der Waals surface area contributed by atoms with Crippen molar-refractivity contribution in [1.82, 2.24) is 28.5 Å². The molecular weight excluding hydrogens is 634 g/mol. The maximum Gasteiger partial charge on any atom is 0.292 e. The van der Waals surface area contributed by atoms with Gasteiger partial charge in [0.15, 0.2) is 12.4 Å². The van der Waals surface area contributed by atoms with Crippen LogP contribution >= 0.6 is 11.6 Å². The number of morpholine rings is 1. The number of aromatic nitrogens is 4. The first-order valence-corrected chi connectivity index (χ1v) is 17.1. The number of rotatable bonds is 7. The second-order valence-corrected chi connectivity index (χ2v) is 14.8. The predicted octanol–water partition coefficient (Wildman–Crippen LogP) is 1.09. The monoisotopic (exact) mass is 661 g/mol. The Kier molecular flexibility index (Phi) is 8.29. The molecule has 5 heterocycles. The molecule has 1 aromatic carbocycles. The molecule has 0 aliphatic carbocycles. The van der Waals surface area contributed by atoms with Gasteiger partial charge in [-0.3, -0.25) is 4.79 Å². The molecule has 4 aromatic rings. The van der Waals surface area contributed by atoms with Gasteiger partial charge in [-0.2, -0.15) is 13.3 Å². The molecule has 2 aliphatic rings. The van der Waals surface area contributed by atoms with Crippen LogP contribution < -0.4 is 4.73 Å². The van der Waals surface area contributed by atoms with Gasteiger partial charge in [0.2, 0.25) is 15.8 Å². The Hall–Kier alpha value is -3.67. The van der Waals surface area contributed by atoms with Gasteiger partial charge < -0.3 is 19.8 Å². The summed E-state index contributed by atoms with van der Waals surface area (Å²) in [6, 6.07) is 8.58. The van der Waals surface area contributed by atoms with Crippen molar-refractivity contribution in [2.75, 3.05) is 51.7 Å². The summed E-state index contributed by atoms with van der Waals surface area (Å²) < 4.78 is 62.8. The van der Waals surface area contributed by atoms with E-state index in [0.29, 0.717) is 31.8 Å². The fourth-order valence-corrected chi connectivity index (χ4v) is 8.66. The molecule has 0 radical (unpaired) electrons. The normalized spacial score (nSPS) is 18.9. The Balaban J connectivity index is 1.28. The highest BCUT2D eigenvalue weighted by Gasteiger charge is 2.41. The van der Waals surface area contributed by atoms with Crippen LogP contribution in [0.15, 0.2) is 66.2 Å². The molecule has 0 saturated carbocycles. The number of carbonyl (C=O) groups excluding carboxylic acids is 1. The van der Waals surface area contributed by atoms with Gasteiger partial charge in [-0.15, -0.1) is 0 Å². The molecule has 2 aliphatic heterocycles. The minimum atomic E-state index is -4.09. The van der Waals surface area contributed by atoms with Gasteiger partial charge in [0, 0.05) is 78.7 Å². The van der Waals surface area contributed by atoms with E-state index in [1.165, 1.54) is 44.4 Å². The van der Waals surface area contributed by atoms with E-state index in [2.05, 4.69) is 15.0 Å². The number of benzene rings is 1. The van der Waals surface area contributed by atoms with E-state index in [1.807, 2.05) is 0 Å². The van der Waals surface area contributed by atoms with Crippen molar-refractivity contribution in [2.45, 2.75) is 11.1 Å². The molecule has 0 spiro atoms. The number of H-pyrrole nitrogens is 1. The van der Waals surface area contributed by atoms with Crippen LogP contribution in [0.2, 0.25) is 5.02 Å². The largest absolute Gasteiger partial charge is 0.619 e. The summed E-state index contributed by atoms with van der Waals surface area (Å²) in [5.41, 5.74) is 1.82. The number of fused-ring (bicyclic) bond motifs is 1. The molecule has 3 aromatic heterocycles. The summed E-state index contributed by atoms with van der Waals surface area (Å²) in [5, 5.41) is 12.4. The van der Waals surface area contributed by atoms with Crippen LogP contribution in [-0.2, 0) is 24.8 Å². The molecular formula is C27H28ClN7O7S2. The SMILES string of the molecule is O=C(c1ncc(-c2cc[n+]([O-])cc2)cn1)N1CCN(S(=O)(=O)c2cc3cc(Cl)ccc3[nH]2)CC1CS(=O)(=O)N1CCOCC1. The van der Waals surface area contributed by atoms with Crippen LogP contribution in [0.1, 0.15) is 10.6 Å². The van der Waals surface area contributed by atoms with Crippen molar-refractivity contribution in [2.24, 2.45) is 0 Å². The molecule has 17 heteroatoms. The fourth-order valence-electron chi connectivity index (χ4n) is 5.30. The van der Waals surface area contributed by atoms with E-state index in [4.69, 9.17) is 16.3 Å². The standard InChI is InChI=1S/C27H28ClN7O7S2/c28-22-1-2-24-20(13-22)14-25(31-24)44(40,41)34-7-8-35(23(17-34)18-43(38,39)33-9-11-42-12-10-33)27(36)26-29-15-21(16-30-26)19-3-5-32(37)6-4-19/h1-6,13-16,23,31H,7-12,17-18H2. The first kappa shape index (κ1) is 30.4. The summed E-state index contributed by atoms with van der Waals surface area (Å²) in [6.07, 6.45) is 5.53. The highest BCUT2D eigenvalue weighted by atomic mass is 35.5. The number of nitrogens with zero attached hydrogens (tertiary/aromatic N) is 6. The Morgan fingerprint density at radius 2 is 1.68 bits per heavy atom. The average molecular weight is 662 g/mol. The van der Waals surface area contributed by atoms with E-state index in [0.717, 1.165) is 0 Å². The van der Waals surface area contributed by atoms with Gasteiger partial charge in [0.25, 0.3) is 15.9 Å². The van der Waals surface area contributed by atoms with Gasteiger partial charge in [0.05, 0.1) is 25.0 Å². The molecule has 232 valence electrons. The quantitative estimate of drug-likeness (QED) is 0.225. The van der Waals surface area contributed by atoms with Crippen molar-refractivity contribution in [3.05, 3.63) is 77.2 Å². The van der Waals surface area contributed by atoms with Gasteiger partial charge in [-0.25, -0.2) is 26.8 Å². The summed E-state index contributed by atoms with van der Waals surface area (Å²) in [6.45, 7) is 0.404. The first-order chi connectivity index (χ1) is 21.0. The van der Waals surface area contributed by atoms with Crippen molar-refractivity contribution >= 4 is 48.5 Å². The lowest BCUT2D eigenvalue weighted by Gasteiger charge is -2.41. The third-order valence-electron chi connectivity index (χ3n) is 7.63. The third kappa shape index (κ3) is 6.13. The van der Waals surface area contributed by atoms with E-state index in [9.17, 15) is 26.8 Å². The van der Waals surface area contributed by atoms with Crippen LogP contribution in [0, 0.1) is 5.21 Å². The molecule has 6 rings (SSSR count). The smallest absolute Gasteiger partial charge is 0.292 e. The fraction of sp³-hybridized carbons (Fsp3) is 0.333. The van der Waals surface area contributed by atoms with E-state index < -0.39 is 37.7 Å². The number of nitrogens with one attached hydrogen (secondary N) is 1. The van der Waals surface area contributed by atoms with Crippen LogP contribution in [0.5, 0.6) is 0 Å². The molecule has 44 heavy (non-hydrogen) atoms. The van der Waals surface area contributed by atoms with Gasteiger partial charge in [-0.05, 0) is 29.8 Å². The highest BCUT2D eigenvalue weighted by Crippen LogP contribution is 2.27. The Bertz CT molecular complexity index is 1900. The number of halogens is 1. The zero-order valence-corrected chi connectivity index (χ0v) is 25.6. The third-order valence-corrected chi connectivity index (χ3v) is 11.6. The second kappa shape index (κ2) is 12.0. The summed E-state index contributed by atoms with van der Waals surface area (Å²) in [5.74, 6) is -1.28. The topological polar surface area (TPSA) is 173 Å². The van der Waals surface area contributed by atoms with Crippen molar-refractivity contribution in [3.8, 4) is 11.1 Å². The van der Waals surface area contributed by atoms with E-state index in [1.54, 1.807) is 30.3 Å². The lowest BCUT2D eigenvalue weighted by atomic mass is 10.1. The minimum absolute atomic E-state index is 0.0633. The zero-order chi connectivity index (χ0) is 31.1. The Labute approximate surface area is 258 Å². The number of amides is 1. The second-order valence-electron chi connectivity index (χ2n) is 10.4. The number of hydrogen-bond donors (Lipinski definition) is 1. The number of piperazine rings is 1. The average Bonchev–Trinajstić information content (AvgIpc) is 3.46. The number of ether oxygens (including phenoxy) is 1. The van der Waals surface area contributed by atoms with Crippen molar-refractivity contribution in [1.29, 1.82) is 0 Å². The highest BCUT2D eigenvalue weighted by molar-refractivity contribution is 7.89. The van der Waals surface area contributed by atoms with Crippen LogP contribution in [0.3, 0.4) is 0 Å². The van der Waals surface area contributed by atoms with Crippen molar-refractivity contribution < 1.29 is 31.1 Å². The number of aromatic amines is 1. The maximum atomic E-state index is 13.7. The number of carbonyl (C=O) groups is 1. The number of hydrogen-bond acceptors (Lipinski definition) is 9. The Morgan fingerprint density at radius 1 is 0.977 bits per heavy atom. The lowest BCUT2D eigenvalue weighted by Crippen LogP contribution is -2.60. The van der Waals surface area contributed by atoms with E-state index in [-0.39, 0.29) is 56.8 Å². The molecule has 2 saturated heterocycles. The van der Waals surface area contributed by atoms with Crippen molar-refractivity contribution in [3.63, 3.8) is 0 Å². The Morgan fingerprint density at radius 3 is 2.39 bits per heavy atom. The molecule has 2 fully saturated rings. The molecule has 14 nitrogen and oxygen atoms in total. The number of pyridine rings is 1. The number of sulfonamides is 2. The molecule has 1 amide bonds. The van der Waals surface area contributed by atoms with Gasteiger partial charge >= 0.3 is 0 Å². The minimum Gasteiger partial charge on any atom is -0.619 e. The summed E-state index contributed by atoms with van der Waals surface area (Å²) >= 11 is 6.07. The van der Waals surface area contributed by atoms with Crippen LogP contribution in [0.4, 0.5) is 0 Å². The zero-order valence-electron chi connectivity index (χ0n) is 23.2. The molecule has 1 unspecified atom stereocenters. The van der Waals surface area contributed by atoms with Gasteiger partial charge in [0.1, 0.15) is 5.03 Å². The van der Waals surface area contributed by atoms with Gasteiger partial charge in [-0.1, -0.05) is 11.6 Å². The summed E-state index contributed by atoms with van der Waals surface area (Å²) in [4.78, 5) is 26.3. The van der Waals surface area contributed by atoms with Crippen LogP contribution in [-0.4, -0.2) is 109 Å². The molecule has 1 N–H and O–H groups in total. The predicted molar refractivity (Wildman–Crippen MR) is 159 cm³/mol. The van der Waals surface area contributed by atoms with Crippen LogP contribution in [0.25, 0.3) is 22.0 Å². The molecule has 1 atom stereocenters. The van der Waals surface area contributed by atoms with E-state index >= 15 is 0 Å². The lowest BCUT2D eigenvalue weighted by molar-refractivity contribution is -0.605. The summed E-state index contributed by atoms with van der Waals surface area (Å²) in [7, 11) is -7.98. The first-order valence-electron chi connectivity index (χ1n) is 13.7. The maximum absolute atomic E-state index is 13.7.